The predicted octanol–water partition coefficient (Wildman–Crippen LogP) is 2.85. The first-order chi connectivity index (χ1) is 7.19. The van der Waals surface area contributed by atoms with Gasteiger partial charge in [0.25, 0.3) is 0 Å². The normalized spacial score (nSPS) is 10.3. The van der Waals surface area contributed by atoms with Crippen LogP contribution in [0.1, 0.15) is 5.56 Å². The third kappa shape index (κ3) is 2.77. The maximum absolute atomic E-state index is 10.7. The molecule has 1 amide bonds. The molecule has 0 aliphatic heterocycles. The van der Waals surface area contributed by atoms with Crippen LogP contribution in [0.5, 0.6) is 5.75 Å². The van der Waals surface area contributed by atoms with Crippen molar-refractivity contribution in [2.45, 2.75) is 6.92 Å². The minimum atomic E-state index is -0.725. The highest BCUT2D eigenvalue weighted by Crippen LogP contribution is 2.27. The Balaban J connectivity index is 2.95. The standard InChI is InChI=1S/C10H12N2O3/c1-7-8(11-12-10(13)15-3)5-4-6-9(7)14-2/h4-6H,1-3H3. The van der Waals surface area contributed by atoms with E-state index in [1.807, 2.05) is 13.0 Å². The second-order valence-electron chi connectivity index (χ2n) is 2.77. The van der Waals surface area contributed by atoms with E-state index < -0.39 is 6.09 Å². The van der Waals surface area contributed by atoms with E-state index in [9.17, 15) is 4.79 Å². The van der Waals surface area contributed by atoms with Crippen LogP contribution in [0, 0.1) is 6.92 Å². The Labute approximate surface area is 87.7 Å². The molecule has 0 aliphatic carbocycles. The number of hydrogen-bond acceptors (Lipinski definition) is 4. The molecule has 0 atom stereocenters. The van der Waals surface area contributed by atoms with Crippen LogP contribution >= 0.6 is 0 Å². The van der Waals surface area contributed by atoms with Gasteiger partial charge in [0.05, 0.1) is 19.9 Å². The van der Waals surface area contributed by atoms with E-state index in [1.165, 1.54) is 7.11 Å². The van der Waals surface area contributed by atoms with Crippen LogP contribution in [0.3, 0.4) is 0 Å². The summed E-state index contributed by atoms with van der Waals surface area (Å²) in [6, 6.07) is 5.33. The molecule has 15 heavy (non-hydrogen) atoms. The van der Waals surface area contributed by atoms with E-state index in [4.69, 9.17) is 4.74 Å². The van der Waals surface area contributed by atoms with E-state index in [2.05, 4.69) is 15.0 Å². The lowest BCUT2D eigenvalue weighted by Gasteiger charge is -2.05. The molecular weight excluding hydrogens is 196 g/mol. The minimum Gasteiger partial charge on any atom is -0.496 e. The fraction of sp³-hybridized carbons (Fsp3) is 0.300. The van der Waals surface area contributed by atoms with Gasteiger partial charge in [0.15, 0.2) is 0 Å². The molecule has 0 radical (unpaired) electrons. The zero-order valence-electron chi connectivity index (χ0n) is 8.85. The first-order valence-electron chi connectivity index (χ1n) is 4.32. The molecule has 1 aromatic carbocycles. The summed E-state index contributed by atoms with van der Waals surface area (Å²) in [6.07, 6.45) is -0.725. The summed E-state index contributed by atoms with van der Waals surface area (Å²) >= 11 is 0. The van der Waals surface area contributed by atoms with Crippen molar-refractivity contribution in [3.8, 4) is 5.75 Å². The minimum absolute atomic E-state index is 0.583. The summed E-state index contributed by atoms with van der Waals surface area (Å²) in [5, 5.41) is 7.11. The number of carbonyl (C=O) groups excluding carboxylic acids is 1. The predicted molar refractivity (Wildman–Crippen MR) is 54.7 cm³/mol. The van der Waals surface area contributed by atoms with Crippen LogP contribution in [0.4, 0.5) is 10.5 Å². The molecule has 0 aromatic heterocycles. The Hall–Kier alpha value is -1.91. The van der Waals surface area contributed by atoms with E-state index in [1.54, 1.807) is 19.2 Å². The maximum atomic E-state index is 10.7. The number of amides is 1. The lowest BCUT2D eigenvalue weighted by Crippen LogP contribution is -1.90. The van der Waals surface area contributed by atoms with Gasteiger partial charge in [-0.05, 0) is 19.1 Å². The molecule has 0 unspecified atom stereocenters. The first kappa shape index (κ1) is 11.2. The maximum Gasteiger partial charge on any atom is 0.452 e. The van der Waals surface area contributed by atoms with E-state index >= 15 is 0 Å². The number of nitrogens with zero attached hydrogens (tertiary/aromatic N) is 2. The van der Waals surface area contributed by atoms with Crippen LogP contribution in [0.15, 0.2) is 28.4 Å². The lowest BCUT2D eigenvalue weighted by molar-refractivity contribution is 0.181. The number of benzene rings is 1. The molecule has 0 heterocycles. The zero-order chi connectivity index (χ0) is 11.3. The number of ether oxygens (including phenoxy) is 2. The molecule has 1 aromatic rings. The van der Waals surface area contributed by atoms with Gasteiger partial charge in [-0.3, -0.25) is 0 Å². The van der Waals surface area contributed by atoms with Gasteiger partial charge < -0.3 is 9.47 Å². The van der Waals surface area contributed by atoms with Crippen LogP contribution in [-0.4, -0.2) is 20.3 Å². The Morgan fingerprint density at radius 2 is 2.07 bits per heavy atom. The highest BCUT2D eigenvalue weighted by atomic mass is 16.5. The molecule has 0 saturated carbocycles. The highest BCUT2D eigenvalue weighted by molar-refractivity contribution is 5.68. The first-order valence-corrected chi connectivity index (χ1v) is 4.32. The molecule has 0 saturated heterocycles. The lowest BCUT2D eigenvalue weighted by atomic mass is 10.2. The zero-order valence-corrected chi connectivity index (χ0v) is 8.85. The molecular formula is C10H12N2O3. The van der Waals surface area contributed by atoms with Crippen LogP contribution < -0.4 is 4.74 Å². The largest absolute Gasteiger partial charge is 0.496 e. The van der Waals surface area contributed by atoms with Crippen molar-refractivity contribution in [2.24, 2.45) is 10.2 Å². The van der Waals surface area contributed by atoms with Crippen molar-refractivity contribution in [1.82, 2.24) is 0 Å². The van der Waals surface area contributed by atoms with Crippen LogP contribution in [-0.2, 0) is 4.74 Å². The van der Waals surface area contributed by atoms with Crippen LogP contribution in [0.2, 0.25) is 0 Å². The molecule has 0 aliphatic rings. The number of methoxy groups -OCH3 is 2. The number of carbonyl (C=O) groups is 1. The number of rotatable bonds is 2. The quantitative estimate of drug-likeness (QED) is 0.702. The van der Waals surface area contributed by atoms with Crippen molar-refractivity contribution < 1.29 is 14.3 Å². The van der Waals surface area contributed by atoms with Crippen molar-refractivity contribution in [2.75, 3.05) is 14.2 Å². The van der Waals surface area contributed by atoms with Crippen LogP contribution in [0.25, 0.3) is 0 Å². The van der Waals surface area contributed by atoms with Gasteiger partial charge >= 0.3 is 6.09 Å². The Morgan fingerprint density at radius 1 is 1.33 bits per heavy atom. The van der Waals surface area contributed by atoms with Gasteiger partial charge in [0.2, 0.25) is 0 Å². The van der Waals surface area contributed by atoms with Crippen molar-refractivity contribution in [3.05, 3.63) is 23.8 Å². The summed E-state index contributed by atoms with van der Waals surface area (Å²) < 4.78 is 9.44. The molecule has 5 nitrogen and oxygen atoms in total. The van der Waals surface area contributed by atoms with Gasteiger partial charge in [0, 0.05) is 5.56 Å². The van der Waals surface area contributed by atoms with Gasteiger partial charge in [-0.15, -0.1) is 5.11 Å². The Morgan fingerprint density at radius 3 is 2.67 bits per heavy atom. The van der Waals surface area contributed by atoms with Gasteiger partial charge in [-0.2, -0.15) is 0 Å². The van der Waals surface area contributed by atoms with Crippen molar-refractivity contribution in [1.29, 1.82) is 0 Å². The Bertz CT molecular complexity index is 388. The molecule has 0 spiro atoms. The third-order valence-corrected chi connectivity index (χ3v) is 1.89. The van der Waals surface area contributed by atoms with Gasteiger partial charge in [0.1, 0.15) is 5.75 Å². The Kier molecular flexibility index (Phi) is 3.79. The van der Waals surface area contributed by atoms with Crippen molar-refractivity contribution >= 4 is 11.8 Å². The average molecular weight is 208 g/mol. The molecule has 80 valence electrons. The van der Waals surface area contributed by atoms with Gasteiger partial charge in [-0.25, -0.2) is 4.79 Å². The fourth-order valence-electron chi connectivity index (χ4n) is 1.07. The topological polar surface area (TPSA) is 60.2 Å². The van der Waals surface area contributed by atoms with Crippen molar-refractivity contribution in [3.63, 3.8) is 0 Å². The third-order valence-electron chi connectivity index (χ3n) is 1.89. The highest BCUT2D eigenvalue weighted by Gasteiger charge is 2.03. The molecule has 5 heteroatoms. The molecule has 0 bridgehead atoms. The molecule has 0 N–H and O–H groups in total. The van der Waals surface area contributed by atoms with E-state index in [0.29, 0.717) is 11.4 Å². The monoisotopic (exact) mass is 208 g/mol. The second-order valence-corrected chi connectivity index (χ2v) is 2.77. The fourth-order valence-corrected chi connectivity index (χ4v) is 1.07. The SMILES string of the molecule is COC(=O)N=Nc1cccc(OC)c1C. The number of azo groups is 1. The second kappa shape index (κ2) is 5.09. The number of hydrogen-bond donors (Lipinski definition) is 0. The molecule has 0 fully saturated rings. The van der Waals surface area contributed by atoms with E-state index in [-0.39, 0.29) is 0 Å². The van der Waals surface area contributed by atoms with E-state index in [0.717, 1.165) is 5.56 Å². The molecule has 1 rings (SSSR count). The summed E-state index contributed by atoms with van der Waals surface area (Å²) in [7, 11) is 2.82. The smallest absolute Gasteiger partial charge is 0.452 e. The summed E-state index contributed by atoms with van der Waals surface area (Å²) in [4.78, 5) is 10.7. The summed E-state index contributed by atoms with van der Waals surface area (Å²) in [5.74, 6) is 0.705. The average Bonchev–Trinajstić information content (AvgIpc) is 2.27. The summed E-state index contributed by atoms with van der Waals surface area (Å²) in [6.45, 7) is 1.84. The summed E-state index contributed by atoms with van der Waals surface area (Å²) in [5.41, 5.74) is 1.41. The van der Waals surface area contributed by atoms with Gasteiger partial charge in [-0.1, -0.05) is 11.2 Å².